The molecule has 5 aromatic rings. The lowest BCUT2D eigenvalue weighted by Gasteiger charge is -2.36. The quantitative estimate of drug-likeness (QED) is 0.329. The van der Waals surface area contributed by atoms with Crippen molar-refractivity contribution < 1.29 is 9.21 Å². The van der Waals surface area contributed by atoms with Crippen molar-refractivity contribution in [1.82, 2.24) is 14.8 Å². The second kappa shape index (κ2) is 11.0. The summed E-state index contributed by atoms with van der Waals surface area (Å²) < 4.78 is 6.71. The van der Waals surface area contributed by atoms with Crippen LogP contribution in [-0.4, -0.2) is 41.7 Å². The second-order valence-electron chi connectivity index (χ2n) is 9.80. The summed E-state index contributed by atoms with van der Waals surface area (Å²) in [4.78, 5) is 30.3. The molecule has 1 aromatic heterocycles. The van der Waals surface area contributed by atoms with Crippen molar-refractivity contribution in [2.75, 3.05) is 31.1 Å². The fraction of sp³-hybridized carbons (Fsp3) is 0.188. The van der Waals surface area contributed by atoms with Crippen LogP contribution in [-0.2, 0) is 13.1 Å². The van der Waals surface area contributed by atoms with E-state index in [1.807, 2.05) is 48.5 Å². The normalized spacial score (nSPS) is 14.0. The summed E-state index contributed by atoms with van der Waals surface area (Å²) in [6.07, 6.45) is 0. The van der Waals surface area contributed by atoms with E-state index in [9.17, 15) is 9.59 Å². The van der Waals surface area contributed by atoms with Gasteiger partial charge in [-0.1, -0.05) is 84.9 Å². The van der Waals surface area contributed by atoms with Crippen molar-refractivity contribution in [3.8, 4) is 11.1 Å². The number of hydrogen-bond donors (Lipinski definition) is 1. The Morgan fingerprint density at radius 3 is 2.18 bits per heavy atom. The monoisotopic (exact) mass is 518 g/mol. The van der Waals surface area contributed by atoms with E-state index in [2.05, 4.69) is 63.6 Å². The Balaban J connectivity index is 1.13. The average Bonchev–Trinajstić information content (AvgIpc) is 3.33. The number of hydrogen-bond acceptors (Lipinski definition) is 5. The van der Waals surface area contributed by atoms with Crippen molar-refractivity contribution in [3.05, 3.63) is 125 Å². The molecule has 1 aliphatic rings. The topological polar surface area (TPSA) is 70.7 Å². The maximum absolute atomic E-state index is 12.9. The van der Waals surface area contributed by atoms with Crippen LogP contribution in [0.1, 0.15) is 11.1 Å². The number of piperazine rings is 1. The number of benzene rings is 4. The highest BCUT2D eigenvalue weighted by Gasteiger charge is 2.23. The van der Waals surface area contributed by atoms with E-state index in [4.69, 9.17) is 4.42 Å². The number of carbonyl (C=O) groups is 1. The summed E-state index contributed by atoms with van der Waals surface area (Å²) in [6, 6.07) is 33.8. The van der Waals surface area contributed by atoms with E-state index < -0.39 is 11.8 Å². The number of fused-ring (bicyclic) bond motifs is 1. The smallest absolute Gasteiger partial charge is 0.405 e. The first-order valence-corrected chi connectivity index (χ1v) is 13.2. The molecule has 4 aromatic carbocycles. The highest BCUT2D eigenvalue weighted by molar-refractivity contribution is 5.94. The number of oxazole rings is 1. The van der Waals surface area contributed by atoms with Gasteiger partial charge in [0, 0.05) is 39.3 Å². The van der Waals surface area contributed by atoms with Crippen LogP contribution in [0.3, 0.4) is 0 Å². The number of amides is 1. The van der Waals surface area contributed by atoms with Crippen molar-refractivity contribution in [1.29, 1.82) is 0 Å². The van der Waals surface area contributed by atoms with Crippen LogP contribution in [0.25, 0.3) is 22.2 Å². The molecule has 0 atom stereocenters. The third kappa shape index (κ3) is 5.35. The zero-order valence-corrected chi connectivity index (χ0v) is 21.6. The summed E-state index contributed by atoms with van der Waals surface area (Å²) >= 11 is 0. The van der Waals surface area contributed by atoms with E-state index in [1.54, 1.807) is 6.07 Å². The second-order valence-corrected chi connectivity index (χ2v) is 9.80. The van der Waals surface area contributed by atoms with Crippen LogP contribution in [0.2, 0.25) is 0 Å². The van der Waals surface area contributed by atoms with Gasteiger partial charge in [0.2, 0.25) is 0 Å². The molecular weight excluding hydrogens is 488 g/mol. The van der Waals surface area contributed by atoms with Gasteiger partial charge in [-0.05, 0) is 40.5 Å². The molecule has 7 nitrogen and oxygen atoms in total. The van der Waals surface area contributed by atoms with Crippen LogP contribution in [0, 0.1) is 0 Å². The van der Waals surface area contributed by atoms with Gasteiger partial charge in [0.15, 0.2) is 5.58 Å². The molecule has 39 heavy (non-hydrogen) atoms. The van der Waals surface area contributed by atoms with Crippen LogP contribution < -0.4 is 16.0 Å². The number of anilines is 1. The Morgan fingerprint density at radius 2 is 1.41 bits per heavy atom. The molecule has 0 aliphatic carbocycles. The highest BCUT2D eigenvalue weighted by atomic mass is 16.4. The first-order chi connectivity index (χ1) is 19.2. The molecule has 0 radical (unpaired) electrons. The first kappa shape index (κ1) is 24.7. The van der Waals surface area contributed by atoms with Crippen molar-refractivity contribution in [3.63, 3.8) is 0 Å². The Labute approximate surface area is 226 Å². The largest absolute Gasteiger partial charge is 0.428 e. The minimum absolute atomic E-state index is 0.328. The molecule has 0 spiro atoms. The molecule has 0 saturated carbocycles. The molecule has 1 fully saturated rings. The van der Waals surface area contributed by atoms with Crippen molar-refractivity contribution >= 4 is 22.8 Å². The van der Waals surface area contributed by atoms with Crippen LogP contribution in [0.4, 0.5) is 10.5 Å². The van der Waals surface area contributed by atoms with Gasteiger partial charge >= 0.3 is 11.8 Å². The molecule has 1 amide bonds. The van der Waals surface area contributed by atoms with Crippen LogP contribution >= 0.6 is 0 Å². The molecule has 0 bridgehead atoms. The molecule has 1 saturated heterocycles. The van der Waals surface area contributed by atoms with Crippen LogP contribution in [0.5, 0.6) is 0 Å². The first-order valence-electron chi connectivity index (χ1n) is 13.2. The molecule has 1 N–H and O–H groups in total. The SMILES string of the molecule is O=C(NCc1ccccc1)n1c(=O)oc2c(N3CCN(Cc4cccc(-c5ccccc5)c4)CC3)cccc21. The summed E-state index contributed by atoms with van der Waals surface area (Å²) in [6.45, 7) is 4.57. The maximum Gasteiger partial charge on any atom is 0.428 e. The summed E-state index contributed by atoms with van der Waals surface area (Å²) in [5.74, 6) is -0.681. The third-order valence-corrected chi connectivity index (χ3v) is 7.23. The standard InChI is InChI=1S/C32H30N4O3/c37-31(33-22-24-9-3-1-4-10-24)36-29-16-8-15-28(30(29)39-32(36)38)35-19-17-34(18-20-35)23-25-11-7-14-27(21-25)26-12-5-2-6-13-26/h1-16,21H,17-20,22-23H2,(H,33,37). The lowest BCUT2D eigenvalue weighted by Crippen LogP contribution is -2.46. The predicted molar refractivity (Wildman–Crippen MR) is 154 cm³/mol. The number of nitrogens with one attached hydrogen (secondary N) is 1. The number of para-hydroxylation sites is 1. The molecule has 1 aliphatic heterocycles. The van der Waals surface area contributed by atoms with E-state index in [0.29, 0.717) is 17.6 Å². The Hall–Kier alpha value is -4.62. The van der Waals surface area contributed by atoms with E-state index in [1.165, 1.54) is 16.7 Å². The van der Waals surface area contributed by atoms with E-state index >= 15 is 0 Å². The fourth-order valence-corrected chi connectivity index (χ4v) is 5.20. The molecule has 7 heteroatoms. The Bertz CT molecular complexity index is 1630. The van der Waals surface area contributed by atoms with Gasteiger partial charge in [0.05, 0.1) is 5.69 Å². The molecule has 6 rings (SSSR count). The highest BCUT2D eigenvalue weighted by Crippen LogP contribution is 2.28. The van der Waals surface area contributed by atoms with Gasteiger partial charge < -0.3 is 14.6 Å². The lowest BCUT2D eigenvalue weighted by molar-refractivity contribution is 0.241. The third-order valence-electron chi connectivity index (χ3n) is 7.23. The van der Waals surface area contributed by atoms with E-state index in [0.717, 1.165) is 48.5 Å². The molecule has 0 unspecified atom stereocenters. The van der Waals surface area contributed by atoms with Gasteiger partial charge in [-0.2, -0.15) is 4.57 Å². The number of nitrogens with zero attached hydrogens (tertiary/aromatic N) is 3. The van der Waals surface area contributed by atoms with Gasteiger partial charge in [-0.15, -0.1) is 0 Å². The van der Waals surface area contributed by atoms with Gasteiger partial charge in [-0.25, -0.2) is 9.59 Å². The minimum atomic E-state index is -0.681. The maximum atomic E-state index is 12.9. The van der Waals surface area contributed by atoms with Crippen molar-refractivity contribution in [2.24, 2.45) is 0 Å². The number of aromatic nitrogens is 1. The van der Waals surface area contributed by atoms with Gasteiger partial charge in [0.1, 0.15) is 5.52 Å². The van der Waals surface area contributed by atoms with Gasteiger partial charge in [0.25, 0.3) is 0 Å². The number of carbonyl (C=O) groups excluding carboxylic acids is 1. The summed E-state index contributed by atoms with van der Waals surface area (Å²) in [7, 11) is 0. The minimum Gasteiger partial charge on any atom is -0.405 e. The molecule has 2 heterocycles. The number of rotatable bonds is 6. The zero-order valence-electron chi connectivity index (χ0n) is 21.6. The Morgan fingerprint density at radius 1 is 0.744 bits per heavy atom. The van der Waals surface area contributed by atoms with Crippen LogP contribution in [0.15, 0.2) is 112 Å². The molecular formula is C32H30N4O3. The fourth-order valence-electron chi connectivity index (χ4n) is 5.20. The van der Waals surface area contributed by atoms with Gasteiger partial charge in [-0.3, -0.25) is 4.90 Å². The lowest BCUT2D eigenvalue weighted by atomic mass is 10.0. The van der Waals surface area contributed by atoms with Crippen molar-refractivity contribution in [2.45, 2.75) is 13.1 Å². The predicted octanol–water partition coefficient (Wildman–Crippen LogP) is 5.34. The zero-order chi connectivity index (χ0) is 26.6. The molecule has 196 valence electrons. The summed E-state index contributed by atoms with van der Waals surface area (Å²) in [5, 5.41) is 2.82. The average molecular weight is 519 g/mol. The Kier molecular flexibility index (Phi) is 6.97. The summed E-state index contributed by atoms with van der Waals surface area (Å²) in [5.41, 5.74) is 6.45. The van der Waals surface area contributed by atoms with E-state index in [-0.39, 0.29) is 0 Å².